The van der Waals surface area contributed by atoms with Crippen molar-refractivity contribution in [3.63, 3.8) is 0 Å². The Balaban J connectivity index is 3.23. The van der Waals surface area contributed by atoms with Gasteiger partial charge in [-0.1, -0.05) is 0 Å². The first-order chi connectivity index (χ1) is 5.11. The van der Waals surface area contributed by atoms with Gasteiger partial charge in [0.15, 0.2) is 0 Å². The predicted octanol–water partition coefficient (Wildman–Crippen LogP) is 1.31. The molecule has 0 aromatic carbocycles. The Hall–Kier alpha value is -1.45. The zero-order valence-electron chi connectivity index (χ0n) is 5.93. The zero-order chi connectivity index (χ0) is 8.43. The molecule has 11 heavy (non-hydrogen) atoms. The second-order valence-electron chi connectivity index (χ2n) is 2.15. The van der Waals surface area contributed by atoms with Crippen molar-refractivity contribution < 1.29 is 9.50 Å². The molecule has 0 aliphatic rings. The SMILES string of the molecule is CC(=N)c1cc(F)cnc1O. The summed E-state index contributed by atoms with van der Waals surface area (Å²) in [6.07, 6.45) is 0.905. The Labute approximate surface area is 63.0 Å². The number of hydrogen-bond acceptors (Lipinski definition) is 3. The van der Waals surface area contributed by atoms with Gasteiger partial charge in [-0.05, 0) is 13.0 Å². The van der Waals surface area contributed by atoms with Gasteiger partial charge in [0.1, 0.15) is 5.82 Å². The number of aromatic hydroxyl groups is 1. The molecule has 0 saturated carbocycles. The molecule has 1 rings (SSSR count). The van der Waals surface area contributed by atoms with E-state index in [9.17, 15) is 4.39 Å². The van der Waals surface area contributed by atoms with Crippen LogP contribution in [0, 0.1) is 11.2 Å². The summed E-state index contributed by atoms with van der Waals surface area (Å²) in [6.45, 7) is 1.45. The maximum absolute atomic E-state index is 12.4. The molecule has 0 saturated heterocycles. The summed E-state index contributed by atoms with van der Waals surface area (Å²) >= 11 is 0. The Bertz CT molecular complexity index is 298. The summed E-state index contributed by atoms with van der Waals surface area (Å²) in [6, 6.07) is 1.07. The lowest BCUT2D eigenvalue weighted by Crippen LogP contribution is -1.95. The molecule has 0 fully saturated rings. The van der Waals surface area contributed by atoms with Crippen LogP contribution in [0.3, 0.4) is 0 Å². The van der Waals surface area contributed by atoms with Crippen molar-refractivity contribution in [2.75, 3.05) is 0 Å². The van der Waals surface area contributed by atoms with Crippen molar-refractivity contribution in [2.24, 2.45) is 0 Å². The Morgan fingerprint density at radius 2 is 2.36 bits per heavy atom. The average molecular weight is 154 g/mol. The fourth-order valence-corrected chi connectivity index (χ4v) is 0.708. The Morgan fingerprint density at radius 1 is 1.73 bits per heavy atom. The second kappa shape index (κ2) is 2.65. The fourth-order valence-electron chi connectivity index (χ4n) is 0.708. The highest BCUT2D eigenvalue weighted by Crippen LogP contribution is 2.13. The lowest BCUT2D eigenvalue weighted by atomic mass is 10.2. The number of pyridine rings is 1. The molecule has 0 amide bonds. The predicted molar refractivity (Wildman–Crippen MR) is 38.4 cm³/mol. The first-order valence-electron chi connectivity index (χ1n) is 3.01. The summed E-state index contributed by atoms with van der Waals surface area (Å²) < 4.78 is 12.4. The molecular formula is C7H7FN2O. The van der Waals surface area contributed by atoms with E-state index in [1.807, 2.05) is 0 Å². The molecule has 58 valence electrons. The van der Waals surface area contributed by atoms with Gasteiger partial charge >= 0.3 is 0 Å². The quantitative estimate of drug-likeness (QED) is 0.599. The van der Waals surface area contributed by atoms with Gasteiger partial charge in [-0.15, -0.1) is 0 Å². The molecule has 4 heteroatoms. The molecule has 0 bridgehead atoms. The monoisotopic (exact) mass is 154 g/mol. The third-order valence-electron chi connectivity index (χ3n) is 1.24. The van der Waals surface area contributed by atoms with Gasteiger partial charge in [-0.3, -0.25) is 0 Å². The van der Waals surface area contributed by atoms with Gasteiger partial charge in [0, 0.05) is 5.71 Å². The number of aromatic nitrogens is 1. The lowest BCUT2D eigenvalue weighted by Gasteiger charge is -1.99. The van der Waals surface area contributed by atoms with Crippen LogP contribution in [0.25, 0.3) is 0 Å². The summed E-state index contributed by atoms with van der Waals surface area (Å²) in [5.74, 6) is -0.858. The van der Waals surface area contributed by atoms with Crippen molar-refractivity contribution in [2.45, 2.75) is 6.92 Å². The van der Waals surface area contributed by atoms with Crippen molar-refractivity contribution in [1.82, 2.24) is 4.98 Å². The van der Waals surface area contributed by atoms with Crippen LogP contribution in [0.15, 0.2) is 12.3 Å². The molecular weight excluding hydrogens is 147 g/mol. The van der Waals surface area contributed by atoms with E-state index in [1.165, 1.54) is 6.92 Å². The lowest BCUT2D eigenvalue weighted by molar-refractivity contribution is 0.448. The van der Waals surface area contributed by atoms with E-state index in [0.29, 0.717) is 0 Å². The molecule has 0 aliphatic carbocycles. The van der Waals surface area contributed by atoms with E-state index in [2.05, 4.69) is 4.98 Å². The largest absolute Gasteiger partial charge is 0.493 e. The van der Waals surface area contributed by atoms with Gasteiger partial charge in [0.25, 0.3) is 0 Å². The van der Waals surface area contributed by atoms with E-state index in [4.69, 9.17) is 10.5 Å². The van der Waals surface area contributed by atoms with Crippen LogP contribution in [0.5, 0.6) is 5.88 Å². The summed E-state index contributed by atoms with van der Waals surface area (Å²) in [5.41, 5.74) is 0.222. The molecule has 0 atom stereocenters. The topological polar surface area (TPSA) is 57.0 Å². The Kier molecular flexibility index (Phi) is 1.85. The zero-order valence-corrected chi connectivity index (χ0v) is 5.93. The van der Waals surface area contributed by atoms with Crippen LogP contribution in [-0.2, 0) is 0 Å². The summed E-state index contributed by atoms with van der Waals surface area (Å²) in [7, 11) is 0. The second-order valence-corrected chi connectivity index (χ2v) is 2.15. The molecule has 0 unspecified atom stereocenters. The minimum Gasteiger partial charge on any atom is -0.493 e. The molecule has 0 aliphatic heterocycles. The normalized spacial score (nSPS) is 9.64. The number of nitrogens with zero attached hydrogens (tertiary/aromatic N) is 1. The van der Waals surface area contributed by atoms with Crippen LogP contribution >= 0.6 is 0 Å². The molecule has 2 N–H and O–H groups in total. The molecule has 1 aromatic heterocycles. The van der Waals surface area contributed by atoms with E-state index in [1.54, 1.807) is 0 Å². The van der Waals surface area contributed by atoms with E-state index < -0.39 is 5.82 Å². The van der Waals surface area contributed by atoms with Crippen molar-refractivity contribution >= 4 is 5.71 Å². The van der Waals surface area contributed by atoms with Gasteiger partial charge in [0.2, 0.25) is 5.88 Å². The van der Waals surface area contributed by atoms with E-state index in [-0.39, 0.29) is 17.2 Å². The highest BCUT2D eigenvalue weighted by atomic mass is 19.1. The Morgan fingerprint density at radius 3 is 2.82 bits per heavy atom. The van der Waals surface area contributed by atoms with Gasteiger partial charge in [-0.25, -0.2) is 9.37 Å². The molecule has 1 heterocycles. The van der Waals surface area contributed by atoms with Crippen LogP contribution in [0.2, 0.25) is 0 Å². The number of rotatable bonds is 1. The van der Waals surface area contributed by atoms with Crippen molar-refractivity contribution in [3.8, 4) is 5.88 Å². The molecule has 0 spiro atoms. The average Bonchev–Trinajstić information content (AvgIpc) is 1.94. The molecule has 1 aromatic rings. The standard InChI is InChI=1S/C7H7FN2O/c1-4(9)6-2-5(8)3-10-7(6)11/h2-3,9H,1H3,(H,10,11). The minimum absolute atomic E-state index is 0.0921. The minimum atomic E-state index is -0.551. The highest BCUT2D eigenvalue weighted by Gasteiger charge is 2.05. The maximum atomic E-state index is 12.4. The smallest absolute Gasteiger partial charge is 0.220 e. The number of hydrogen-bond donors (Lipinski definition) is 2. The third kappa shape index (κ3) is 1.52. The van der Waals surface area contributed by atoms with E-state index >= 15 is 0 Å². The molecule has 3 nitrogen and oxygen atoms in total. The number of nitrogens with one attached hydrogen (secondary N) is 1. The molecule has 0 radical (unpaired) electrons. The third-order valence-corrected chi connectivity index (χ3v) is 1.24. The van der Waals surface area contributed by atoms with Crippen LogP contribution in [0.4, 0.5) is 4.39 Å². The summed E-state index contributed by atoms with van der Waals surface area (Å²) in [4.78, 5) is 3.34. The van der Waals surface area contributed by atoms with Crippen molar-refractivity contribution in [1.29, 1.82) is 5.41 Å². The fraction of sp³-hybridized carbons (Fsp3) is 0.143. The van der Waals surface area contributed by atoms with Gasteiger partial charge in [-0.2, -0.15) is 0 Å². The summed E-state index contributed by atoms with van der Waals surface area (Å²) in [5, 5.41) is 16.1. The first-order valence-corrected chi connectivity index (χ1v) is 3.01. The van der Waals surface area contributed by atoms with Crippen LogP contribution < -0.4 is 0 Å². The van der Waals surface area contributed by atoms with E-state index in [0.717, 1.165) is 12.3 Å². The van der Waals surface area contributed by atoms with Crippen molar-refractivity contribution in [3.05, 3.63) is 23.6 Å². The van der Waals surface area contributed by atoms with Crippen LogP contribution in [0.1, 0.15) is 12.5 Å². The first kappa shape index (κ1) is 7.65. The van der Waals surface area contributed by atoms with Gasteiger partial charge in [0.05, 0.1) is 11.8 Å². The maximum Gasteiger partial charge on any atom is 0.220 e. The van der Waals surface area contributed by atoms with Gasteiger partial charge < -0.3 is 10.5 Å². The number of halogens is 1. The van der Waals surface area contributed by atoms with Crippen LogP contribution in [-0.4, -0.2) is 15.8 Å². The highest BCUT2D eigenvalue weighted by molar-refractivity contribution is 5.98.